The van der Waals surface area contributed by atoms with Gasteiger partial charge in [0, 0.05) is 12.8 Å². The highest BCUT2D eigenvalue weighted by Crippen LogP contribution is 2.24. The van der Waals surface area contributed by atoms with Crippen LogP contribution in [0.2, 0.25) is 0 Å². The van der Waals surface area contributed by atoms with Gasteiger partial charge in [0.2, 0.25) is 0 Å². The van der Waals surface area contributed by atoms with Gasteiger partial charge in [-0.05, 0) is 96.7 Å². The van der Waals surface area contributed by atoms with Gasteiger partial charge in [0.25, 0.3) is 0 Å². The molecule has 0 aliphatic rings. The summed E-state index contributed by atoms with van der Waals surface area (Å²) in [6.45, 7) is 11.6. The Balaban J connectivity index is 4.37. The fraction of sp³-hybridized carbons (Fsp3) is 0.940. The standard InChI is InChI=1S/C50H97NO6/c1-7-11-23-33-45(34-24-12-8-2)43-48(52)55-40-30-21-17-15-19-27-37-47(50(54)57-42-32-29-39-51(5)6)38-28-20-16-18-22-31-41-56-49(53)44-46(35-25-13-9-3)36-26-14-10-4/h45-47H,7-44H2,1-6H3. The van der Waals surface area contributed by atoms with Gasteiger partial charge in [-0.25, -0.2) is 0 Å². The van der Waals surface area contributed by atoms with Gasteiger partial charge in [-0.1, -0.05) is 169 Å². The van der Waals surface area contributed by atoms with Crippen LogP contribution in [-0.4, -0.2) is 63.3 Å². The summed E-state index contributed by atoms with van der Waals surface area (Å²) >= 11 is 0. The molecule has 338 valence electrons. The fourth-order valence-electron chi connectivity index (χ4n) is 7.99. The monoisotopic (exact) mass is 808 g/mol. The zero-order valence-electron chi connectivity index (χ0n) is 39.0. The number of hydrogen-bond donors (Lipinski definition) is 0. The van der Waals surface area contributed by atoms with Crippen LogP contribution in [0.5, 0.6) is 0 Å². The molecule has 0 amide bonds. The summed E-state index contributed by atoms with van der Waals surface area (Å²) in [6, 6.07) is 0. The molecule has 0 aromatic carbocycles. The van der Waals surface area contributed by atoms with Crippen molar-refractivity contribution < 1.29 is 28.6 Å². The minimum atomic E-state index is -0.00371. The van der Waals surface area contributed by atoms with Crippen molar-refractivity contribution in [3.63, 3.8) is 0 Å². The molecule has 57 heavy (non-hydrogen) atoms. The molecule has 0 heterocycles. The van der Waals surface area contributed by atoms with E-state index in [2.05, 4.69) is 46.7 Å². The van der Waals surface area contributed by atoms with Gasteiger partial charge in [-0.2, -0.15) is 0 Å². The fourth-order valence-corrected chi connectivity index (χ4v) is 7.99. The van der Waals surface area contributed by atoms with E-state index in [1.54, 1.807) is 0 Å². The number of nitrogens with zero attached hydrogens (tertiary/aromatic N) is 1. The molecule has 0 unspecified atom stereocenters. The number of hydrogen-bond acceptors (Lipinski definition) is 7. The first-order chi connectivity index (χ1) is 27.8. The first-order valence-corrected chi connectivity index (χ1v) is 24.9. The van der Waals surface area contributed by atoms with E-state index in [-0.39, 0.29) is 23.8 Å². The molecule has 0 atom stereocenters. The van der Waals surface area contributed by atoms with Gasteiger partial charge < -0.3 is 19.1 Å². The van der Waals surface area contributed by atoms with E-state index in [9.17, 15) is 14.4 Å². The lowest BCUT2D eigenvalue weighted by atomic mass is 9.92. The van der Waals surface area contributed by atoms with Crippen LogP contribution < -0.4 is 0 Å². The van der Waals surface area contributed by atoms with Crippen molar-refractivity contribution in [1.82, 2.24) is 4.90 Å². The summed E-state index contributed by atoms with van der Waals surface area (Å²) in [4.78, 5) is 40.3. The molecular formula is C50H97NO6. The van der Waals surface area contributed by atoms with Crippen LogP contribution in [0, 0.1) is 17.8 Å². The summed E-state index contributed by atoms with van der Waals surface area (Å²) in [5, 5.41) is 0. The number of ether oxygens (including phenoxy) is 3. The molecule has 0 radical (unpaired) electrons. The van der Waals surface area contributed by atoms with E-state index in [0.29, 0.717) is 44.5 Å². The zero-order valence-corrected chi connectivity index (χ0v) is 39.0. The van der Waals surface area contributed by atoms with E-state index in [1.165, 1.54) is 77.0 Å². The first-order valence-electron chi connectivity index (χ1n) is 24.9. The number of unbranched alkanes of at least 4 members (excludes halogenated alkanes) is 19. The smallest absolute Gasteiger partial charge is 0.308 e. The molecule has 7 nitrogen and oxygen atoms in total. The van der Waals surface area contributed by atoms with Gasteiger partial charge >= 0.3 is 17.9 Å². The Morgan fingerprint density at radius 1 is 0.386 bits per heavy atom. The first kappa shape index (κ1) is 55.4. The molecule has 0 rings (SSSR count). The van der Waals surface area contributed by atoms with Crippen LogP contribution in [0.4, 0.5) is 0 Å². The predicted molar refractivity (Wildman–Crippen MR) is 242 cm³/mol. The minimum absolute atomic E-state index is 0.000540. The van der Waals surface area contributed by atoms with Crippen LogP contribution in [0.25, 0.3) is 0 Å². The largest absolute Gasteiger partial charge is 0.466 e. The Labute approximate surface area is 354 Å². The minimum Gasteiger partial charge on any atom is -0.466 e. The third kappa shape index (κ3) is 38.3. The average molecular weight is 808 g/mol. The Hall–Kier alpha value is -1.63. The van der Waals surface area contributed by atoms with Crippen molar-refractivity contribution >= 4 is 17.9 Å². The zero-order chi connectivity index (χ0) is 42.0. The van der Waals surface area contributed by atoms with Gasteiger partial charge in [0.15, 0.2) is 0 Å². The maximum absolute atomic E-state index is 13.1. The molecule has 0 aliphatic carbocycles. The molecule has 0 aliphatic heterocycles. The van der Waals surface area contributed by atoms with E-state index >= 15 is 0 Å². The summed E-state index contributed by atoms with van der Waals surface area (Å²) in [5.74, 6) is 0.957. The second-order valence-corrected chi connectivity index (χ2v) is 17.8. The Morgan fingerprint density at radius 3 is 1.07 bits per heavy atom. The van der Waals surface area contributed by atoms with Gasteiger partial charge in [-0.3, -0.25) is 14.4 Å². The lowest BCUT2D eigenvalue weighted by Crippen LogP contribution is -2.19. The van der Waals surface area contributed by atoms with Crippen LogP contribution >= 0.6 is 0 Å². The number of esters is 3. The van der Waals surface area contributed by atoms with Crippen molar-refractivity contribution in [2.45, 2.75) is 246 Å². The summed E-state index contributed by atoms with van der Waals surface area (Å²) < 4.78 is 17.1. The van der Waals surface area contributed by atoms with Gasteiger partial charge in [0.1, 0.15) is 0 Å². The van der Waals surface area contributed by atoms with Crippen molar-refractivity contribution in [2.24, 2.45) is 17.8 Å². The predicted octanol–water partition coefficient (Wildman–Crippen LogP) is 14.4. The van der Waals surface area contributed by atoms with Crippen molar-refractivity contribution in [2.75, 3.05) is 40.5 Å². The number of carbonyl (C=O) groups excluding carboxylic acids is 3. The summed E-state index contributed by atoms with van der Waals surface area (Å²) in [6.07, 6.45) is 37.4. The Morgan fingerprint density at radius 2 is 0.702 bits per heavy atom. The van der Waals surface area contributed by atoms with Crippen molar-refractivity contribution in [1.29, 1.82) is 0 Å². The molecule has 0 saturated carbocycles. The molecule has 0 spiro atoms. The molecule has 0 aromatic rings. The van der Waals surface area contributed by atoms with Crippen molar-refractivity contribution in [3.8, 4) is 0 Å². The quantitative estimate of drug-likeness (QED) is 0.0344. The molecule has 7 heteroatoms. The third-order valence-electron chi connectivity index (χ3n) is 11.8. The van der Waals surface area contributed by atoms with E-state index in [1.807, 2.05) is 0 Å². The highest BCUT2D eigenvalue weighted by Gasteiger charge is 2.20. The van der Waals surface area contributed by atoms with Crippen molar-refractivity contribution in [3.05, 3.63) is 0 Å². The van der Waals surface area contributed by atoms with Crippen LogP contribution in [0.15, 0.2) is 0 Å². The molecule has 0 bridgehead atoms. The maximum atomic E-state index is 13.1. The SMILES string of the molecule is CCCCCC(CCCCC)CC(=O)OCCCCCCCCC(CCCCCCCCOC(=O)CC(CCCCC)CCCCC)C(=O)OCCCCN(C)C. The average Bonchev–Trinajstić information content (AvgIpc) is 3.18. The number of carbonyl (C=O) groups is 3. The Bertz CT molecular complexity index is 818. The molecule has 0 N–H and O–H groups in total. The van der Waals surface area contributed by atoms with Crippen LogP contribution in [0.1, 0.15) is 246 Å². The molecular weight excluding hydrogens is 711 g/mol. The maximum Gasteiger partial charge on any atom is 0.308 e. The Kier molecular flexibility index (Phi) is 41.3. The van der Waals surface area contributed by atoms with E-state index in [4.69, 9.17) is 14.2 Å². The highest BCUT2D eigenvalue weighted by atomic mass is 16.5. The lowest BCUT2D eigenvalue weighted by molar-refractivity contribution is -0.149. The topological polar surface area (TPSA) is 82.1 Å². The van der Waals surface area contributed by atoms with E-state index in [0.717, 1.165) is 135 Å². The van der Waals surface area contributed by atoms with E-state index < -0.39 is 0 Å². The lowest BCUT2D eigenvalue weighted by Gasteiger charge is -2.17. The van der Waals surface area contributed by atoms with Gasteiger partial charge in [0.05, 0.1) is 25.7 Å². The van der Waals surface area contributed by atoms with Gasteiger partial charge in [-0.15, -0.1) is 0 Å². The molecule has 0 saturated heterocycles. The highest BCUT2D eigenvalue weighted by molar-refractivity contribution is 5.72. The second kappa shape index (κ2) is 42.5. The van der Waals surface area contributed by atoms with Crippen LogP contribution in [0.3, 0.4) is 0 Å². The summed E-state index contributed by atoms with van der Waals surface area (Å²) in [5.41, 5.74) is 0. The third-order valence-corrected chi connectivity index (χ3v) is 11.8. The molecule has 0 aromatic heterocycles. The summed E-state index contributed by atoms with van der Waals surface area (Å²) in [7, 11) is 4.16. The second-order valence-electron chi connectivity index (χ2n) is 17.8. The number of rotatable bonds is 44. The molecule has 0 fully saturated rings. The van der Waals surface area contributed by atoms with Crippen LogP contribution in [-0.2, 0) is 28.6 Å². The normalized spacial score (nSPS) is 11.7.